The molecule has 0 spiro atoms. The number of hydrogen-bond acceptors (Lipinski definition) is 5. The van der Waals surface area contributed by atoms with Gasteiger partial charge >= 0.3 is 0 Å². The molecule has 3 unspecified atom stereocenters. The lowest BCUT2D eigenvalue weighted by Gasteiger charge is -2.14. The summed E-state index contributed by atoms with van der Waals surface area (Å²) >= 11 is 0. The minimum Gasteiger partial charge on any atom is -0.394 e. The highest BCUT2D eigenvalue weighted by Gasteiger charge is 2.35. The number of nitrogens with zero attached hydrogens (tertiary/aromatic N) is 2. The van der Waals surface area contributed by atoms with Crippen molar-refractivity contribution in [1.29, 1.82) is 0 Å². The van der Waals surface area contributed by atoms with Crippen molar-refractivity contribution in [3.05, 3.63) is 17.7 Å². The Morgan fingerprint density at radius 2 is 2.47 bits per heavy atom. The van der Waals surface area contributed by atoms with Crippen LogP contribution in [0.4, 0.5) is 0 Å². The summed E-state index contributed by atoms with van der Waals surface area (Å²) in [5, 5.41) is 18.6. The van der Waals surface area contributed by atoms with E-state index in [0.717, 1.165) is 0 Å². The monoisotopic (exact) mass is 241 g/mol. The molecule has 1 aromatic rings. The molecule has 2 heterocycles. The molecule has 1 aliphatic rings. The lowest BCUT2D eigenvalue weighted by Crippen LogP contribution is -2.24. The topological polar surface area (TPSA) is 111 Å². The normalized spacial score (nSPS) is 28.5. The van der Waals surface area contributed by atoms with Crippen LogP contribution in [0.5, 0.6) is 0 Å². The average Bonchev–Trinajstić information content (AvgIpc) is 2.81. The highest BCUT2D eigenvalue weighted by Crippen LogP contribution is 2.29. The second kappa shape index (κ2) is 4.44. The molecule has 1 amide bonds. The van der Waals surface area contributed by atoms with Crippen LogP contribution in [-0.4, -0.2) is 44.5 Å². The third-order valence-electron chi connectivity index (χ3n) is 2.97. The molecule has 0 saturated carbocycles. The Hall–Kier alpha value is -1.44. The molecule has 1 aliphatic heterocycles. The van der Waals surface area contributed by atoms with Gasteiger partial charge in [-0.05, 0) is 6.92 Å². The molecule has 0 radical (unpaired) electrons. The molecule has 0 aromatic carbocycles. The summed E-state index contributed by atoms with van der Waals surface area (Å²) in [5.74, 6) is -0.599. The van der Waals surface area contributed by atoms with E-state index in [0.29, 0.717) is 12.1 Å². The van der Waals surface area contributed by atoms with Gasteiger partial charge < -0.3 is 25.3 Å². The van der Waals surface area contributed by atoms with E-state index >= 15 is 0 Å². The second-order valence-corrected chi connectivity index (χ2v) is 4.06. The minimum atomic E-state index is -0.719. The number of primary amides is 1. The van der Waals surface area contributed by atoms with Gasteiger partial charge in [-0.25, -0.2) is 4.98 Å². The Bertz CT molecular complexity index is 431. The van der Waals surface area contributed by atoms with E-state index in [4.69, 9.17) is 15.6 Å². The first-order chi connectivity index (χ1) is 8.04. The van der Waals surface area contributed by atoms with Crippen LogP contribution >= 0.6 is 0 Å². The van der Waals surface area contributed by atoms with Crippen LogP contribution < -0.4 is 5.73 Å². The molecular weight excluding hydrogens is 226 g/mol. The van der Waals surface area contributed by atoms with Crippen molar-refractivity contribution in [3.63, 3.8) is 0 Å². The van der Waals surface area contributed by atoms with Crippen LogP contribution in [0.2, 0.25) is 0 Å². The number of carbonyl (C=O) groups is 1. The molecule has 4 N–H and O–H groups in total. The van der Waals surface area contributed by atoms with Gasteiger partial charge in [0.1, 0.15) is 18.0 Å². The van der Waals surface area contributed by atoms with Gasteiger partial charge in [-0.15, -0.1) is 0 Å². The Kier molecular flexibility index (Phi) is 3.14. The summed E-state index contributed by atoms with van der Waals surface area (Å²) in [6, 6.07) is 0. The Morgan fingerprint density at radius 3 is 2.94 bits per heavy atom. The maximum Gasteiger partial charge on any atom is 0.269 e. The molecule has 0 aliphatic carbocycles. The molecule has 7 nitrogen and oxygen atoms in total. The van der Waals surface area contributed by atoms with Crippen molar-refractivity contribution in [2.45, 2.75) is 31.8 Å². The summed E-state index contributed by atoms with van der Waals surface area (Å²) in [5.41, 5.74) is 5.94. The minimum absolute atomic E-state index is 0.190. The van der Waals surface area contributed by atoms with Crippen LogP contribution in [0.1, 0.15) is 28.8 Å². The van der Waals surface area contributed by atoms with Crippen molar-refractivity contribution in [2.24, 2.45) is 5.73 Å². The zero-order valence-electron chi connectivity index (χ0n) is 9.41. The maximum absolute atomic E-state index is 11.1. The molecule has 2 rings (SSSR count). The van der Waals surface area contributed by atoms with Crippen molar-refractivity contribution < 1.29 is 19.7 Å². The number of ether oxygens (including phenoxy) is 1. The third kappa shape index (κ3) is 2.04. The number of imidazole rings is 1. The first kappa shape index (κ1) is 12.0. The SMILES string of the molecule is Cc1c(C(N)=O)ncn1C1CC(O)C(CO)O1. The first-order valence-corrected chi connectivity index (χ1v) is 5.32. The highest BCUT2D eigenvalue weighted by atomic mass is 16.5. The first-order valence-electron chi connectivity index (χ1n) is 5.32. The Labute approximate surface area is 97.8 Å². The lowest BCUT2D eigenvalue weighted by atomic mass is 10.2. The van der Waals surface area contributed by atoms with Crippen molar-refractivity contribution in [3.8, 4) is 0 Å². The Morgan fingerprint density at radius 1 is 1.76 bits per heavy atom. The maximum atomic E-state index is 11.1. The summed E-state index contributed by atoms with van der Waals surface area (Å²) in [4.78, 5) is 15.0. The predicted molar refractivity (Wildman–Crippen MR) is 57.1 cm³/mol. The van der Waals surface area contributed by atoms with E-state index < -0.39 is 24.3 Å². The fourth-order valence-electron chi connectivity index (χ4n) is 2.00. The summed E-state index contributed by atoms with van der Waals surface area (Å²) in [6.07, 6.45) is 0.0538. The highest BCUT2D eigenvalue weighted by molar-refractivity contribution is 5.91. The number of aromatic nitrogens is 2. The summed E-state index contributed by atoms with van der Waals surface area (Å²) < 4.78 is 7.09. The van der Waals surface area contributed by atoms with Gasteiger partial charge in [0.2, 0.25) is 0 Å². The number of aliphatic hydroxyl groups excluding tert-OH is 2. The molecule has 94 valence electrons. The van der Waals surface area contributed by atoms with E-state index in [-0.39, 0.29) is 12.3 Å². The fraction of sp³-hybridized carbons (Fsp3) is 0.600. The smallest absolute Gasteiger partial charge is 0.269 e. The number of amides is 1. The standard InChI is InChI=1S/C10H15N3O4/c1-5-9(10(11)16)12-4-13(5)8-2-6(15)7(3-14)17-8/h4,6-8,14-15H,2-3H2,1H3,(H2,11,16). The van der Waals surface area contributed by atoms with Gasteiger partial charge in [0.05, 0.1) is 19.0 Å². The van der Waals surface area contributed by atoms with E-state index in [9.17, 15) is 9.90 Å². The number of hydrogen-bond donors (Lipinski definition) is 3. The van der Waals surface area contributed by atoms with Gasteiger partial charge in [0.25, 0.3) is 5.91 Å². The number of aliphatic hydroxyl groups is 2. The van der Waals surface area contributed by atoms with Gasteiger partial charge in [0.15, 0.2) is 0 Å². The van der Waals surface area contributed by atoms with E-state index in [2.05, 4.69) is 4.98 Å². The zero-order valence-corrected chi connectivity index (χ0v) is 9.41. The Balaban J connectivity index is 2.22. The van der Waals surface area contributed by atoms with Gasteiger partial charge in [0, 0.05) is 12.1 Å². The van der Waals surface area contributed by atoms with Gasteiger partial charge in [-0.3, -0.25) is 4.79 Å². The number of rotatable bonds is 3. The summed E-state index contributed by atoms with van der Waals surface area (Å²) in [7, 11) is 0. The molecule has 7 heteroatoms. The largest absolute Gasteiger partial charge is 0.394 e. The molecule has 3 atom stereocenters. The number of nitrogens with two attached hydrogens (primary N) is 1. The summed E-state index contributed by atoms with van der Waals surface area (Å²) in [6.45, 7) is 1.46. The van der Waals surface area contributed by atoms with Crippen molar-refractivity contribution in [2.75, 3.05) is 6.61 Å². The second-order valence-electron chi connectivity index (χ2n) is 4.06. The quantitative estimate of drug-likeness (QED) is 0.624. The zero-order chi connectivity index (χ0) is 12.6. The number of carbonyl (C=O) groups excluding carboxylic acids is 1. The van der Waals surface area contributed by atoms with E-state index in [1.165, 1.54) is 6.33 Å². The van der Waals surface area contributed by atoms with Crippen LogP contribution in [-0.2, 0) is 4.74 Å². The molecule has 1 saturated heterocycles. The molecular formula is C10H15N3O4. The van der Waals surface area contributed by atoms with Crippen LogP contribution in [0.25, 0.3) is 0 Å². The van der Waals surface area contributed by atoms with Crippen molar-refractivity contribution >= 4 is 5.91 Å². The third-order valence-corrected chi connectivity index (χ3v) is 2.97. The molecule has 0 bridgehead atoms. The van der Waals surface area contributed by atoms with Crippen LogP contribution in [0.15, 0.2) is 6.33 Å². The lowest BCUT2D eigenvalue weighted by molar-refractivity contribution is -0.0449. The van der Waals surface area contributed by atoms with Crippen LogP contribution in [0, 0.1) is 6.92 Å². The van der Waals surface area contributed by atoms with Crippen molar-refractivity contribution in [1.82, 2.24) is 9.55 Å². The van der Waals surface area contributed by atoms with E-state index in [1.807, 2.05) is 0 Å². The molecule has 1 fully saturated rings. The fourth-order valence-corrected chi connectivity index (χ4v) is 2.00. The average molecular weight is 241 g/mol. The molecule has 17 heavy (non-hydrogen) atoms. The predicted octanol–water partition coefficient (Wildman–Crippen LogP) is -1.07. The molecule has 1 aromatic heterocycles. The van der Waals surface area contributed by atoms with Crippen LogP contribution in [0.3, 0.4) is 0 Å². The van der Waals surface area contributed by atoms with E-state index in [1.54, 1.807) is 11.5 Å². The van der Waals surface area contributed by atoms with Gasteiger partial charge in [-0.1, -0.05) is 0 Å². The van der Waals surface area contributed by atoms with Gasteiger partial charge in [-0.2, -0.15) is 0 Å².